The first kappa shape index (κ1) is 14.2. The lowest BCUT2D eigenvalue weighted by atomic mass is 10.1. The van der Waals surface area contributed by atoms with Gasteiger partial charge in [-0.15, -0.1) is 11.3 Å². The van der Waals surface area contributed by atoms with Crippen LogP contribution in [0.3, 0.4) is 0 Å². The summed E-state index contributed by atoms with van der Waals surface area (Å²) in [6.45, 7) is -0.646. The molecule has 0 fully saturated rings. The molecule has 1 amide bonds. The van der Waals surface area contributed by atoms with E-state index in [0.717, 1.165) is 11.1 Å². The zero-order valence-corrected chi connectivity index (χ0v) is 11.3. The van der Waals surface area contributed by atoms with Crippen molar-refractivity contribution in [3.63, 3.8) is 0 Å². The Bertz CT molecular complexity index is 609. The third-order valence-electron chi connectivity index (χ3n) is 2.74. The molecule has 0 saturated heterocycles. The number of benzene rings is 1. The maximum Gasteiger partial charge on any atom is 0.328 e. The average Bonchev–Trinajstić information content (AvgIpc) is 2.94. The minimum atomic E-state index is -1.30. The molecule has 6 heteroatoms. The van der Waals surface area contributed by atoms with Crippen LogP contribution < -0.4 is 5.32 Å². The summed E-state index contributed by atoms with van der Waals surface area (Å²) in [7, 11) is 0. The summed E-state index contributed by atoms with van der Waals surface area (Å²) in [4.78, 5) is 23.3. The molecule has 0 aliphatic rings. The van der Waals surface area contributed by atoms with Crippen molar-refractivity contribution in [3.05, 3.63) is 46.7 Å². The van der Waals surface area contributed by atoms with Gasteiger partial charge in [-0.1, -0.05) is 30.3 Å². The normalized spacial score (nSPS) is 11.8. The van der Waals surface area contributed by atoms with Gasteiger partial charge in [0.05, 0.1) is 11.5 Å². The van der Waals surface area contributed by atoms with Gasteiger partial charge in [0.1, 0.15) is 0 Å². The summed E-state index contributed by atoms with van der Waals surface area (Å²) in [6, 6.07) is 9.86. The smallest absolute Gasteiger partial charge is 0.328 e. The molecule has 0 radical (unpaired) electrons. The minimum Gasteiger partial charge on any atom is -0.480 e. The van der Waals surface area contributed by atoms with Crippen molar-refractivity contribution in [3.8, 4) is 11.1 Å². The van der Waals surface area contributed by atoms with Gasteiger partial charge in [-0.3, -0.25) is 4.79 Å². The number of nitrogens with one attached hydrogen (secondary N) is 1. The molecule has 0 saturated carbocycles. The lowest BCUT2D eigenvalue weighted by Crippen LogP contribution is -2.43. The highest BCUT2D eigenvalue weighted by Crippen LogP contribution is 2.28. The molecule has 20 heavy (non-hydrogen) atoms. The number of aliphatic hydroxyl groups is 1. The van der Waals surface area contributed by atoms with Gasteiger partial charge in [-0.2, -0.15) is 0 Å². The van der Waals surface area contributed by atoms with E-state index in [4.69, 9.17) is 10.2 Å². The van der Waals surface area contributed by atoms with E-state index >= 15 is 0 Å². The molecule has 1 atom stereocenters. The zero-order chi connectivity index (χ0) is 14.5. The topological polar surface area (TPSA) is 86.6 Å². The monoisotopic (exact) mass is 291 g/mol. The van der Waals surface area contributed by atoms with Crippen LogP contribution in [-0.2, 0) is 4.79 Å². The number of hydrogen-bond donors (Lipinski definition) is 3. The van der Waals surface area contributed by atoms with Crippen molar-refractivity contribution in [2.75, 3.05) is 6.61 Å². The van der Waals surface area contributed by atoms with Crippen LogP contribution in [0.1, 0.15) is 9.67 Å². The van der Waals surface area contributed by atoms with Crippen LogP contribution in [0.5, 0.6) is 0 Å². The van der Waals surface area contributed by atoms with Crippen LogP contribution in [0, 0.1) is 0 Å². The van der Waals surface area contributed by atoms with Crippen molar-refractivity contribution in [1.29, 1.82) is 0 Å². The van der Waals surface area contributed by atoms with Gasteiger partial charge in [0.25, 0.3) is 5.91 Å². The van der Waals surface area contributed by atoms with Gasteiger partial charge >= 0.3 is 5.97 Å². The van der Waals surface area contributed by atoms with Crippen molar-refractivity contribution in [1.82, 2.24) is 5.32 Å². The second-order valence-electron chi connectivity index (χ2n) is 4.08. The number of thiophene rings is 1. The Morgan fingerprint density at radius 3 is 2.50 bits per heavy atom. The summed E-state index contributed by atoms with van der Waals surface area (Å²) >= 11 is 1.23. The zero-order valence-electron chi connectivity index (χ0n) is 10.4. The summed E-state index contributed by atoms with van der Waals surface area (Å²) in [6.07, 6.45) is 0. The van der Waals surface area contributed by atoms with E-state index in [0.29, 0.717) is 4.88 Å². The van der Waals surface area contributed by atoms with Crippen LogP contribution in [0.2, 0.25) is 0 Å². The molecule has 1 unspecified atom stereocenters. The fourth-order valence-electron chi connectivity index (χ4n) is 1.74. The van der Waals surface area contributed by atoms with Gasteiger partial charge in [-0.05, 0) is 17.0 Å². The maximum atomic E-state index is 12.1. The first-order valence-corrected chi connectivity index (χ1v) is 6.79. The third-order valence-corrected chi connectivity index (χ3v) is 3.66. The standard InChI is InChI=1S/C14H13NO4S/c16-8-11(14(18)19)15-13(17)12-10(6-7-20-12)9-4-2-1-3-5-9/h1-7,11,16H,8H2,(H,15,17)(H,18,19). The summed E-state index contributed by atoms with van der Waals surface area (Å²) in [5.74, 6) is -1.76. The predicted octanol–water partition coefficient (Wildman–Crippen LogP) is 1.59. The number of rotatable bonds is 5. The van der Waals surface area contributed by atoms with Crippen molar-refractivity contribution < 1.29 is 19.8 Å². The molecule has 1 heterocycles. The molecule has 0 aliphatic heterocycles. The maximum absolute atomic E-state index is 12.1. The molecule has 1 aromatic carbocycles. The lowest BCUT2D eigenvalue weighted by molar-refractivity contribution is -0.140. The van der Waals surface area contributed by atoms with E-state index in [1.165, 1.54) is 11.3 Å². The molecular weight excluding hydrogens is 278 g/mol. The number of carbonyl (C=O) groups is 2. The second kappa shape index (κ2) is 6.31. The van der Waals surface area contributed by atoms with E-state index in [1.807, 2.05) is 36.4 Å². The predicted molar refractivity (Wildman–Crippen MR) is 75.7 cm³/mol. The number of carbonyl (C=O) groups excluding carboxylic acids is 1. The van der Waals surface area contributed by atoms with Gasteiger partial charge < -0.3 is 15.5 Å². The molecule has 1 aromatic heterocycles. The van der Waals surface area contributed by atoms with Crippen molar-refractivity contribution >= 4 is 23.2 Å². The number of hydrogen-bond acceptors (Lipinski definition) is 4. The molecule has 3 N–H and O–H groups in total. The van der Waals surface area contributed by atoms with E-state index in [-0.39, 0.29) is 0 Å². The summed E-state index contributed by atoms with van der Waals surface area (Å²) in [5.41, 5.74) is 1.63. The molecule has 0 aliphatic carbocycles. The Kier molecular flexibility index (Phi) is 4.49. The van der Waals surface area contributed by atoms with Crippen LogP contribution >= 0.6 is 11.3 Å². The van der Waals surface area contributed by atoms with E-state index in [9.17, 15) is 9.59 Å². The van der Waals surface area contributed by atoms with E-state index in [1.54, 1.807) is 5.38 Å². The molecule has 0 spiro atoms. The van der Waals surface area contributed by atoms with Crippen LogP contribution in [0.15, 0.2) is 41.8 Å². The van der Waals surface area contributed by atoms with Crippen LogP contribution in [0.4, 0.5) is 0 Å². The Labute approximate surface area is 119 Å². The average molecular weight is 291 g/mol. The fourth-order valence-corrected chi connectivity index (χ4v) is 2.56. The Morgan fingerprint density at radius 2 is 1.90 bits per heavy atom. The molecule has 5 nitrogen and oxygen atoms in total. The highest BCUT2D eigenvalue weighted by molar-refractivity contribution is 7.12. The largest absolute Gasteiger partial charge is 0.480 e. The van der Waals surface area contributed by atoms with Gasteiger partial charge in [0.15, 0.2) is 6.04 Å². The number of aliphatic carboxylic acids is 1. The number of carboxylic acid groups (broad SMARTS) is 1. The van der Waals surface area contributed by atoms with Gasteiger partial charge in [0, 0.05) is 5.56 Å². The quantitative estimate of drug-likeness (QED) is 0.781. The molecule has 104 valence electrons. The Hall–Kier alpha value is -2.18. The fraction of sp³-hybridized carbons (Fsp3) is 0.143. The van der Waals surface area contributed by atoms with E-state index in [2.05, 4.69) is 5.32 Å². The third kappa shape index (κ3) is 3.04. The highest BCUT2D eigenvalue weighted by Gasteiger charge is 2.22. The SMILES string of the molecule is O=C(NC(CO)C(=O)O)c1sccc1-c1ccccc1. The van der Waals surface area contributed by atoms with E-state index < -0.39 is 24.5 Å². The molecule has 2 rings (SSSR count). The van der Waals surface area contributed by atoms with Crippen LogP contribution in [-0.4, -0.2) is 34.7 Å². The molecular formula is C14H13NO4S. The van der Waals surface area contributed by atoms with Gasteiger partial charge in [0.2, 0.25) is 0 Å². The highest BCUT2D eigenvalue weighted by atomic mass is 32.1. The number of amides is 1. The first-order chi connectivity index (χ1) is 9.63. The Morgan fingerprint density at radius 1 is 1.20 bits per heavy atom. The molecule has 0 bridgehead atoms. The first-order valence-electron chi connectivity index (χ1n) is 5.91. The molecule has 2 aromatic rings. The number of aliphatic hydroxyl groups excluding tert-OH is 1. The minimum absolute atomic E-state index is 0.427. The van der Waals surface area contributed by atoms with Crippen molar-refractivity contribution in [2.24, 2.45) is 0 Å². The Balaban J connectivity index is 2.24. The van der Waals surface area contributed by atoms with Crippen molar-refractivity contribution in [2.45, 2.75) is 6.04 Å². The summed E-state index contributed by atoms with van der Waals surface area (Å²) in [5, 5.41) is 21.8. The second-order valence-corrected chi connectivity index (χ2v) is 4.99. The lowest BCUT2D eigenvalue weighted by Gasteiger charge is -2.11. The van der Waals surface area contributed by atoms with Crippen LogP contribution in [0.25, 0.3) is 11.1 Å². The number of carboxylic acids is 1. The summed E-state index contributed by atoms with van der Waals surface area (Å²) < 4.78 is 0. The van der Waals surface area contributed by atoms with Gasteiger partial charge in [-0.25, -0.2) is 4.79 Å².